The lowest BCUT2D eigenvalue weighted by molar-refractivity contribution is 0.0597. The highest BCUT2D eigenvalue weighted by Gasteiger charge is 2.22. The van der Waals surface area contributed by atoms with E-state index in [9.17, 15) is 4.79 Å². The topological polar surface area (TPSA) is 84.6 Å². The van der Waals surface area contributed by atoms with E-state index in [1.54, 1.807) is 17.4 Å². The van der Waals surface area contributed by atoms with Gasteiger partial charge in [-0.1, -0.05) is 55.3 Å². The van der Waals surface area contributed by atoms with Gasteiger partial charge in [-0.05, 0) is 61.9 Å². The van der Waals surface area contributed by atoms with Crippen LogP contribution in [0.4, 0.5) is 5.82 Å². The number of anilines is 1. The van der Waals surface area contributed by atoms with Gasteiger partial charge in [0.15, 0.2) is 4.96 Å². The number of hydrogen-bond acceptors (Lipinski definition) is 9. The molecule has 8 nitrogen and oxygen atoms in total. The lowest BCUT2D eigenvalue weighted by Crippen LogP contribution is -2.26. The highest BCUT2D eigenvalue weighted by atomic mass is 32.2. The number of para-hydroxylation sites is 1. The quantitative estimate of drug-likeness (QED) is 0.145. The molecule has 0 unspecified atom stereocenters. The third kappa shape index (κ3) is 6.92. The zero-order chi connectivity index (χ0) is 30.5. The lowest BCUT2D eigenvalue weighted by atomic mass is 9.80. The van der Waals surface area contributed by atoms with Gasteiger partial charge in [0.05, 0.1) is 23.9 Å². The molecule has 1 fully saturated rings. The first-order chi connectivity index (χ1) is 21.5. The number of fused-ring (bicyclic) bond motifs is 2. The van der Waals surface area contributed by atoms with E-state index in [0.717, 1.165) is 75.0 Å². The molecule has 0 radical (unpaired) electrons. The maximum atomic E-state index is 12.3. The SMILES string of the molecule is COC(=O)c1ccccc1Sc1nc2sccn2c1CNCC1CCC(CCCc2nc(N(C)C)c3ccccc3n2)CC1. The summed E-state index contributed by atoms with van der Waals surface area (Å²) in [5, 5.41) is 7.85. The molecule has 0 saturated heterocycles. The fourth-order valence-corrected chi connectivity index (χ4v) is 8.05. The van der Waals surface area contributed by atoms with Crippen LogP contribution in [0.25, 0.3) is 15.9 Å². The fraction of sp³-hybridized carbons (Fsp3) is 0.412. The van der Waals surface area contributed by atoms with E-state index in [0.29, 0.717) is 11.5 Å². The van der Waals surface area contributed by atoms with Crippen molar-refractivity contribution in [1.82, 2.24) is 24.7 Å². The number of hydrogen-bond donors (Lipinski definition) is 1. The summed E-state index contributed by atoms with van der Waals surface area (Å²) >= 11 is 3.16. The molecule has 3 aromatic heterocycles. The van der Waals surface area contributed by atoms with Crippen LogP contribution in [0.5, 0.6) is 0 Å². The van der Waals surface area contributed by atoms with Crippen LogP contribution in [0.1, 0.15) is 60.4 Å². The molecule has 10 heteroatoms. The van der Waals surface area contributed by atoms with Crippen molar-refractivity contribution in [1.29, 1.82) is 0 Å². The standard InChI is InChI=1S/C34H40N6O2S2/c1-39(2)31-25-10-4-6-12-27(25)36-30(37-31)14-8-9-23-15-17-24(18-16-23)21-35-22-28-32(38-34-40(28)19-20-43-34)44-29-13-7-5-11-26(29)33(41)42-3/h4-7,10-13,19-20,23-24,35H,8-9,14-18,21-22H2,1-3H3. The van der Waals surface area contributed by atoms with Crippen molar-refractivity contribution in [2.75, 3.05) is 32.6 Å². The van der Waals surface area contributed by atoms with E-state index >= 15 is 0 Å². The number of aromatic nitrogens is 4. The van der Waals surface area contributed by atoms with Gasteiger partial charge in [0.25, 0.3) is 0 Å². The summed E-state index contributed by atoms with van der Waals surface area (Å²) in [6.45, 7) is 1.74. The van der Waals surface area contributed by atoms with Gasteiger partial charge >= 0.3 is 5.97 Å². The molecule has 5 aromatic rings. The second-order valence-electron chi connectivity index (χ2n) is 11.8. The number of methoxy groups -OCH3 is 1. The number of nitrogens with one attached hydrogen (secondary N) is 1. The van der Waals surface area contributed by atoms with Crippen LogP contribution in [0.2, 0.25) is 0 Å². The number of benzene rings is 2. The van der Waals surface area contributed by atoms with Crippen LogP contribution < -0.4 is 10.2 Å². The van der Waals surface area contributed by atoms with Crippen LogP contribution in [0, 0.1) is 11.8 Å². The van der Waals surface area contributed by atoms with E-state index in [4.69, 9.17) is 19.7 Å². The van der Waals surface area contributed by atoms with Crippen molar-refractivity contribution in [2.24, 2.45) is 11.8 Å². The average Bonchev–Trinajstić information content (AvgIpc) is 3.63. The Kier molecular flexibility index (Phi) is 9.79. The third-order valence-corrected chi connectivity index (χ3v) is 10.4. The number of nitrogens with zero attached hydrogens (tertiary/aromatic N) is 5. The number of ether oxygens (including phenoxy) is 1. The molecule has 3 heterocycles. The highest BCUT2D eigenvalue weighted by molar-refractivity contribution is 7.99. The summed E-state index contributed by atoms with van der Waals surface area (Å²) in [5.41, 5.74) is 2.73. The molecule has 0 aliphatic heterocycles. The summed E-state index contributed by atoms with van der Waals surface area (Å²) in [6.07, 6.45) is 10.5. The van der Waals surface area contributed by atoms with Crippen molar-refractivity contribution in [3.05, 3.63) is 77.2 Å². The summed E-state index contributed by atoms with van der Waals surface area (Å²) in [4.78, 5) is 30.9. The zero-order valence-corrected chi connectivity index (χ0v) is 27.3. The molecule has 44 heavy (non-hydrogen) atoms. The number of imidazole rings is 1. The highest BCUT2D eigenvalue weighted by Crippen LogP contribution is 2.35. The summed E-state index contributed by atoms with van der Waals surface area (Å²) in [6, 6.07) is 15.9. The first kappa shape index (κ1) is 30.6. The predicted molar refractivity (Wildman–Crippen MR) is 179 cm³/mol. The average molecular weight is 629 g/mol. The van der Waals surface area contributed by atoms with Gasteiger partial charge in [-0.2, -0.15) is 0 Å². The Morgan fingerprint density at radius 2 is 1.82 bits per heavy atom. The molecule has 1 saturated carbocycles. The fourth-order valence-electron chi connectivity index (χ4n) is 6.22. The first-order valence-corrected chi connectivity index (χ1v) is 17.1. The molecular formula is C34H40N6O2S2. The molecule has 0 spiro atoms. The van der Waals surface area contributed by atoms with Crippen LogP contribution in [-0.2, 0) is 17.7 Å². The monoisotopic (exact) mass is 628 g/mol. The number of aryl methyl sites for hydroxylation is 1. The van der Waals surface area contributed by atoms with Crippen molar-refractivity contribution >= 4 is 50.7 Å². The van der Waals surface area contributed by atoms with Crippen LogP contribution >= 0.6 is 23.1 Å². The van der Waals surface area contributed by atoms with E-state index in [-0.39, 0.29) is 5.97 Å². The molecule has 0 atom stereocenters. The molecule has 1 aliphatic rings. The minimum Gasteiger partial charge on any atom is -0.465 e. The number of carbonyl (C=O) groups is 1. The Hall–Kier alpha value is -3.47. The Bertz CT molecular complexity index is 1720. The normalized spacial score (nSPS) is 16.9. The van der Waals surface area contributed by atoms with Crippen LogP contribution in [0.3, 0.4) is 0 Å². The first-order valence-electron chi connectivity index (χ1n) is 15.4. The van der Waals surface area contributed by atoms with E-state index < -0.39 is 0 Å². The molecule has 1 N–H and O–H groups in total. The van der Waals surface area contributed by atoms with Gasteiger partial charge in [-0.25, -0.2) is 19.7 Å². The summed E-state index contributed by atoms with van der Waals surface area (Å²) in [5.74, 6) is 3.12. The lowest BCUT2D eigenvalue weighted by Gasteiger charge is -2.28. The molecule has 6 rings (SSSR count). The van der Waals surface area contributed by atoms with Gasteiger partial charge in [0.2, 0.25) is 0 Å². The van der Waals surface area contributed by atoms with Crippen molar-refractivity contribution in [3.8, 4) is 0 Å². The maximum Gasteiger partial charge on any atom is 0.339 e. The zero-order valence-electron chi connectivity index (χ0n) is 25.7. The minimum absolute atomic E-state index is 0.329. The second kappa shape index (κ2) is 14.1. The van der Waals surface area contributed by atoms with Gasteiger partial charge < -0.3 is 15.0 Å². The summed E-state index contributed by atoms with van der Waals surface area (Å²) in [7, 11) is 5.52. The maximum absolute atomic E-state index is 12.3. The Morgan fingerprint density at radius 3 is 2.64 bits per heavy atom. The third-order valence-electron chi connectivity index (χ3n) is 8.58. The Balaban J connectivity index is 0.991. The number of rotatable bonds is 12. The summed E-state index contributed by atoms with van der Waals surface area (Å²) < 4.78 is 7.17. The minimum atomic E-state index is -0.329. The molecule has 2 aromatic carbocycles. The molecular weight excluding hydrogens is 589 g/mol. The van der Waals surface area contributed by atoms with E-state index in [1.165, 1.54) is 51.0 Å². The van der Waals surface area contributed by atoms with E-state index in [1.807, 2.05) is 18.2 Å². The van der Waals surface area contributed by atoms with Crippen molar-refractivity contribution in [2.45, 2.75) is 61.4 Å². The molecule has 1 aliphatic carbocycles. The Labute approximate surface area is 267 Å². The van der Waals surface area contributed by atoms with Crippen molar-refractivity contribution in [3.63, 3.8) is 0 Å². The largest absolute Gasteiger partial charge is 0.465 e. The molecule has 0 amide bonds. The van der Waals surface area contributed by atoms with Gasteiger partial charge in [0.1, 0.15) is 16.7 Å². The number of carbonyl (C=O) groups excluding carboxylic acids is 1. The molecule has 0 bridgehead atoms. The second-order valence-corrected chi connectivity index (χ2v) is 13.7. The predicted octanol–water partition coefficient (Wildman–Crippen LogP) is 7.26. The van der Waals surface area contributed by atoms with Crippen molar-refractivity contribution < 1.29 is 9.53 Å². The van der Waals surface area contributed by atoms with Gasteiger partial charge in [-0.15, -0.1) is 11.3 Å². The van der Waals surface area contributed by atoms with Gasteiger partial charge in [-0.3, -0.25) is 4.40 Å². The van der Waals surface area contributed by atoms with E-state index in [2.05, 4.69) is 64.6 Å². The molecule has 230 valence electrons. The van der Waals surface area contributed by atoms with Crippen LogP contribution in [-0.4, -0.2) is 53.1 Å². The number of esters is 1. The Morgan fingerprint density at radius 1 is 1.05 bits per heavy atom. The van der Waals surface area contributed by atoms with Gasteiger partial charge in [0, 0.05) is 48.9 Å². The number of thiazole rings is 1. The smallest absolute Gasteiger partial charge is 0.339 e. The van der Waals surface area contributed by atoms with Crippen LogP contribution in [0.15, 0.2) is 70.0 Å².